The van der Waals surface area contributed by atoms with Crippen molar-refractivity contribution in [1.29, 1.82) is 5.26 Å². The molecule has 0 spiro atoms. The molecule has 0 aromatic heterocycles. The quantitative estimate of drug-likeness (QED) is 0.380. The van der Waals surface area contributed by atoms with E-state index in [0.717, 1.165) is 0 Å². The third-order valence-electron chi connectivity index (χ3n) is 0.615. The van der Waals surface area contributed by atoms with Crippen LogP contribution in [0.25, 0.3) is 4.85 Å². The minimum atomic E-state index is 0.111. The molecule has 0 N–H and O–H groups in total. The number of allylic oxidation sites excluding steroid dienone is 1. The highest BCUT2D eigenvalue weighted by atomic mass is 15.0. The minimum Gasteiger partial charge on any atom is -0.392 e. The zero-order chi connectivity index (χ0) is 7.28. The van der Waals surface area contributed by atoms with E-state index in [1.807, 2.05) is 0 Å². The van der Waals surface area contributed by atoms with Gasteiger partial charge in [0.2, 0.25) is 0 Å². The average molecular weight is 121 g/mol. The van der Waals surface area contributed by atoms with E-state index in [1.54, 1.807) is 25.1 Å². The summed E-state index contributed by atoms with van der Waals surface area (Å²) >= 11 is 0. The second-order valence-corrected chi connectivity index (χ2v) is 1.70. The number of nitrogens with zero attached hydrogens (tertiary/aromatic N) is 3. The van der Waals surface area contributed by atoms with Gasteiger partial charge in [-0.15, -0.1) is 0 Å². The van der Waals surface area contributed by atoms with Crippen LogP contribution in [0.5, 0.6) is 0 Å². The van der Waals surface area contributed by atoms with Crippen molar-refractivity contribution in [3.63, 3.8) is 0 Å². The molecule has 0 saturated carbocycles. The summed E-state index contributed by atoms with van der Waals surface area (Å²) in [5.41, 5.74) is 0.111. The molecular formula is C6H7N3. The zero-order valence-corrected chi connectivity index (χ0v) is 5.42. The summed E-state index contributed by atoms with van der Waals surface area (Å²) < 4.78 is 0. The smallest absolute Gasteiger partial charge is 0.277 e. The highest BCUT2D eigenvalue weighted by Gasteiger charge is 1.89. The molecule has 0 radical (unpaired) electrons. The molecule has 0 heterocycles. The fourth-order valence-electron chi connectivity index (χ4n) is 0.327. The molecule has 0 aliphatic heterocycles. The molecule has 0 aliphatic rings. The van der Waals surface area contributed by atoms with Crippen LogP contribution >= 0.6 is 0 Å². The fraction of sp³-hybridized carbons (Fsp3) is 0.333. The first kappa shape index (κ1) is 7.52. The lowest BCUT2D eigenvalue weighted by molar-refractivity contribution is 0.561. The maximum atomic E-state index is 8.22. The van der Waals surface area contributed by atoms with Gasteiger partial charge in [0.15, 0.2) is 0 Å². The minimum absolute atomic E-state index is 0.111. The summed E-state index contributed by atoms with van der Waals surface area (Å²) in [4.78, 5) is 4.62. The van der Waals surface area contributed by atoms with Crippen molar-refractivity contribution in [3.8, 4) is 6.07 Å². The standard InChI is InChI=1S/C6H7N3/c1-8-6(4-7)5-9(2)3/h5H,2-3H3/b6-5+. The van der Waals surface area contributed by atoms with E-state index in [0.29, 0.717) is 0 Å². The van der Waals surface area contributed by atoms with Crippen LogP contribution in [0, 0.1) is 17.9 Å². The van der Waals surface area contributed by atoms with Gasteiger partial charge < -0.3 is 4.90 Å². The Morgan fingerprint density at radius 3 is 2.44 bits per heavy atom. The first-order valence-electron chi connectivity index (χ1n) is 2.36. The van der Waals surface area contributed by atoms with Crippen molar-refractivity contribution in [2.45, 2.75) is 0 Å². The molecule has 0 aromatic carbocycles. The van der Waals surface area contributed by atoms with Crippen molar-refractivity contribution in [1.82, 2.24) is 4.90 Å². The molecule has 0 fully saturated rings. The Hall–Kier alpha value is -1.48. The van der Waals surface area contributed by atoms with Gasteiger partial charge in [-0.2, -0.15) is 0 Å². The molecule has 46 valence electrons. The first-order valence-corrected chi connectivity index (χ1v) is 2.36. The Morgan fingerprint density at radius 2 is 2.33 bits per heavy atom. The van der Waals surface area contributed by atoms with E-state index >= 15 is 0 Å². The molecule has 0 rings (SSSR count). The third-order valence-corrected chi connectivity index (χ3v) is 0.615. The molecule has 3 heteroatoms. The SMILES string of the molecule is [C-]#[N+]/C(C#N)=C/N(C)C. The van der Waals surface area contributed by atoms with E-state index in [9.17, 15) is 0 Å². The van der Waals surface area contributed by atoms with Crippen LogP contribution in [-0.4, -0.2) is 19.0 Å². The van der Waals surface area contributed by atoms with E-state index in [4.69, 9.17) is 11.8 Å². The van der Waals surface area contributed by atoms with Crippen LogP contribution in [0.2, 0.25) is 0 Å². The highest BCUT2D eigenvalue weighted by molar-refractivity contribution is 5.25. The van der Waals surface area contributed by atoms with Crippen molar-refractivity contribution in [2.75, 3.05) is 14.1 Å². The Kier molecular flexibility index (Phi) is 2.94. The topological polar surface area (TPSA) is 31.4 Å². The van der Waals surface area contributed by atoms with Crippen molar-refractivity contribution < 1.29 is 0 Å². The molecule has 0 saturated heterocycles. The summed E-state index contributed by atoms with van der Waals surface area (Å²) in [6.45, 7) is 6.46. The van der Waals surface area contributed by atoms with Crippen molar-refractivity contribution in [3.05, 3.63) is 23.3 Å². The zero-order valence-electron chi connectivity index (χ0n) is 5.42. The molecular weight excluding hydrogens is 114 g/mol. The van der Waals surface area contributed by atoms with Crippen LogP contribution in [0.3, 0.4) is 0 Å². The predicted molar refractivity (Wildman–Crippen MR) is 34.0 cm³/mol. The van der Waals surface area contributed by atoms with Gasteiger partial charge in [0, 0.05) is 20.3 Å². The maximum absolute atomic E-state index is 8.22. The molecule has 0 unspecified atom stereocenters. The lowest BCUT2D eigenvalue weighted by Gasteiger charge is -2.01. The Balaban J connectivity index is 4.18. The van der Waals surface area contributed by atoms with Crippen LogP contribution in [0.4, 0.5) is 0 Å². The van der Waals surface area contributed by atoms with Gasteiger partial charge in [0.05, 0.1) is 12.6 Å². The van der Waals surface area contributed by atoms with E-state index < -0.39 is 0 Å². The number of hydrogen-bond donors (Lipinski definition) is 0. The summed E-state index contributed by atoms with van der Waals surface area (Å²) in [5, 5.41) is 8.22. The summed E-state index contributed by atoms with van der Waals surface area (Å²) in [6, 6.07) is 1.75. The maximum Gasteiger partial charge on any atom is 0.277 e. The highest BCUT2D eigenvalue weighted by Crippen LogP contribution is 1.92. The van der Waals surface area contributed by atoms with Gasteiger partial charge >= 0.3 is 0 Å². The number of rotatable bonds is 1. The van der Waals surface area contributed by atoms with Crippen LogP contribution < -0.4 is 0 Å². The lowest BCUT2D eigenvalue weighted by atomic mass is 10.5. The average Bonchev–Trinajstić information content (AvgIpc) is 1.82. The lowest BCUT2D eigenvalue weighted by Crippen LogP contribution is -2.01. The molecule has 9 heavy (non-hydrogen) atoms. The van der Waals surface area contributed by atoms with E-state index in [2.05, 4.69) is 4.85 Å². The number of nitriles is 1. The fourth-order valence-corrected chi connectivity index (χ4v) is 0.327. The molecule has 0 atom stereocenters. The summed E-state index contributed by atoms with van der Waals surface area (Å²) in [7, 11) is 3.53. The summed E-state index contributed by atoms with van der Waals surface area (Å²) in [5.74, 6) is 0. The Bertz CT molecular complexity index is 173. The van der Waals surface area contributed by atoms with Gasteiger partial charge in [-0.25, -0.2) is 10.1 Å². The van der Waals surface area contributed by atoms with Crippen LogP contribution in [0.15, 0.2) is 11.9 Å². The Morgan fingerprint density at radius 1 is 1.78 bits per heavy atom. The third kappa shape index (κ3) is 3.13. The molecule has 0 aromatic rings. The van der Waals surface area contributed by atoms with Gasteiger partial charge in [-0.1, -0.05) is 0 Å². The molecule has 0 aliphatic carbocycles. The first-order chi connectivity index (χ1) is 4.20. The molecule has 3 nitrogen and oxygen atoms in total. The molecule has 0 amide bonds. The van der Waals surface area contributed by atoms with E-state index in [1.165, 1.54) is 6.20 Å². The summed E-state index contributed by atoms with van der Waals surface area (Å²) in [6.07, 6.45) is 1.48. The number of hydrogen-bond acceptors (Lipinski definition) is 2. The largest absolute Gasteiger partial charge is 0.392 e. The Labute approximate surface area is 54.6 Å². The van der Waals surface area contributed by atoms with Crippen LogP contribution in [0.1, 0.15) is 0 Å². The molecule has 0 bridgehead atoms. The van der Waals surface area contributed by atoms with Crippen LogP contribution in [-0.2, 0) is 0 Å². The second-order valence-electron chi connectivity index (χ2n) is 1.70. The van der Waals surface area contributed by atoms with Gasteiger partial charge in [-0.05, 0) is 0 Å². The van der Waals surface area contributed by atoms with Gasteiger partial charge in [0.1, 0.15) is 0 Å². The van der Waals surface area contributed by atoms with Gasteiger partial charge in [0.25, 0.3) is 5.70 Å². The van der Waals surface area contributed by atoms with E-state index in [-0.39, 0.29) is 5.70 Å². The monoisotopic (exact) mass is 121 g/mol. The van der Waals surface area contributed by atoms with Crippen molar-refractivity contribution >= 4 is 0 Å². The van der Waals surface area contributed by atoms with Crippen molar-refractivity contribution in [2.24, 2.45) is 0 Å². The second kappa shape index (κ2) is 3.51. The normalized spacial score (nSPS) is 9.56. The predicted octanol–water partition coefficient (Wildman–Crippen LogP) is 0.832. The van der Waals surface area contributed by atoms with Gasteiger partial charge in [-0.3, -0.25) is 0 Å².